The topological polar surface area (TPSA) is 87.7 Å². The van der Waals surface area contributed by atoms with Gasteiger partial charge in [-0.3, -0.25) is 9.71 Å². The Kier molecular flexibility index (Phi) is 5.37. The van der Waals surface area contributed by atoms with Crippen LogP contribution in [0.2, 0.25) is 0 Å². The van der Waals surface area contributed by atoms with Crippen molar-refractivity contribution in [2.24, 2.45) is 0 Å². The summed E-state index contributed by atoms with van der Waals surface area (Å²) in [7, 11) is -3.49. The Labute approximate surface area is 182 Å². The van der Waals surface area contributed by atoms with Gasteiger partial charge < -0.3 is 4.98 Å². The van der Waals surface area contributed by atoms with Crippen LogP contribution in [0.3, 0.4) is 0 Å². The van der Waals surface area contributed by atoms with E-state index in [4.69, 9.17) is 4.98 Å². The lowest BCUT2D eigenvalue weighted by molar-refractivity contribution is 0.566. The molecule has 4 rings (SSSR count). The Morgan fingerprint density at radius 1 is 0.806 bits per heavy atom. The number of nitrogens with one attached hydrogen (secondary N) is 2. The molecule has 0 saturated heterocycles. The van der Waals surface area contributed by atoms with Gasteiger partial charge in [0.05, 0.1) is 16.1 Å². The van der Waals surface area contributed by atoms with Crippen molar-refractivity contribution < 1.29 is 8.42 Å². The lowest BCUT2D eigenvalue weighted by Crippen LogP contribution is -2.33. The van der Waals surface area contributed by atoms with E-state index in [9.17, 15) is 8.42 Å². The van der Waals surface area contributed by atoms with Crippen molar-refractivity contribution in [1.29, 1.82) is 0 Å². The van der Waals surface area contributed by atoms with Gasteiger partial charge in [0, 0.05) is 34.8 Å². The van der Waals surface area contributed by atoms with Gasteiger partial charge in [-0.05, 0) is 45.0 Å². The average molecular weight is 433 g/mol. The molecule has 6 nitrogen and oxygen atoms in total. The Bertz CT molecular complexity index is 1280. The van der Waals surface area contributed by atoms with E-state index in [1.807, 2.05) is 54.6 Å². The minimum atomic E-state index is -3.49. The number of rotatable bonds is 5. The number of aromatic nitrogens is 3. The first-order valence-corrected chi connectivity index (χ1v) is 11.4. The highest BCUT2D eigenvalue weighted by Crippen LogP contribution is 2.33. The largest absolute Gasteiger partial charge is 0.337 e. The number of hydrogen-bond donors (Lipinski definition) is 2. The zero-order valence-corrected chi connectivity index (χ0v) is 18.4. The molecule has 0 amide bonds. The van der Waals surface area contributed by atoms with Crippen LogP contribution in [0.15, 0.2) is 79.1 Å². The summed E-state index contributed by atoms with van der Waals surface area (Å²) in [5.74, 6) is 0.764. The summed E-state index contributed by atoms with van der Waals surface area (Å²) in [5.41, 5.74) is 5.02. The van der Waals surface area contributed by atoms with E-state index >= 15 is 0 Å². The maximum atomic E-state index is 12.4. The number of benzene rings is 2. The summed E-state index contributed by atoms with van der Waals surface area (Å²) in [6, 6.07) is 21.0. The standard InChI is InChI=1S/C24H24N4O2S/c1-24(2,3)31(29,30)28-20-11-9-17(10-12-20)21-22(18-13-15-25-16-14-18)27-23(26-21)19-7-5-4-6-8-19/h4-16,28H,1-3H3,(H,26,27). The van der Waals surface area contributed by atoms with Crippen LogP contribution in [0.5, 0.6) is 0 Å². The lowest BCUT2D eigenvalue weighted by atomic mass is 10.1. The Balaban J connectivity index is 1.74. The zero-order valence-electron chi connectivity index (χ0n) is 17.6. The van der Waals surface area contributed by atoms with E-state index in [-0.39, 0.29) is 0 Å². The summed E-state index contributed by atoms with van der Waals surface area (Å²) in [5, 5.41) is 0. The number of sulfonamides is 1. The van der Waals surface area contributed by atoms with E-state index in [1.165, 1.54) is 0 Å². The van der Waals surface area contributed by atoms with Crippen LogP contribution in [-0.4, -0.2) is 28.1 Å². The fraction of sp³-hybridized carbons (Fsp3) is 0.167. The van der Waals surface area contributed by atoms with Gasteiger partial charge in [0.2, 0.25) is 10.0 Å². The predicted molar refractivity (Wildman–Crippen MR) is 125 cm³/mol. The highest BCUT2D eigenvalue weighted by molar-refractivity contribution is 7.94. The SMILES string of the molecule is CC(C)(C)S(=O)(=O)Nc1ccc(-c2[nH]c(-c3ccccc3)nc2-c2ccncc2)cc1. The van der Waals surface area contributed by atoms with Crippen molar-refractivity contribution >= 4 is 15.7 Å². The number of aromatic amines is 1. The van der Waals surface area contributed by atoms with Crippen molar-refractivity contribution in [2.75, 3.05) is 4.72 Å². The van der Waals surface area contributed by atoms with E-state index in [0.717, 1.165) is 33.9 Å². The smallest absolute Gasteiger partial charge is 0.237 e. The van der Waals surface area contributed by atoms with Crippen LogP contribution in [0, 0.1) is 0 Å². The third-order valence-corrected chi connectivity index (χ3v) is 7.05. The van der Waals surface area contributed by atoms with Gasteiger partial charge in [-0.2, -0.15) is 0 Å². The first-order chi connectivity index (χ1) is 14.7. The van der Waals surface area contributed by atoms with Crippen molar-refractivity contribution in [1.82, 2.24) is 15.0 Å². The minimum Gasteiger partial charge on any atom is -0.337 e. The van der Waals surface area contributed by atoms with Gasteiger partial charge in [-0.25, -0.2) is 13.4 Å². The van der Waals surface area contributed by atoms with Crippen molar-refractivity contribution in [3.63, 3.8) is 0 Å². The molecule has 0 saturated carbocycles. The van der Waals surface area contributed by atoms with Gasteiger partial charge in [-0.15, -0.1) is 0 Å². The lowest BCUT2D eigenvalue weighted by Gasteiger charge is -2.20. The third kappa shape index (κ3) is 4.36. The summed E-state index contributed by atoms with van der Waals surface area (Å²) in [4.78, 5) is 12.4. The second-order valence-corrected chi connectivity index (χ2v) is 10.6. The second-order valence-electron chi connectivity index (χ2n) is 8.21. The Hall–Kier alpha value is -3.45. The summed E-state index contributed by atoms with van der Waals surface area (Å²) < 4.78 is 26.6. The molecule has 2 aromatic heterocycles. The Morgan fingerprint density at radius 2 is 1.45 bits per heavy atom. The van der Waals surface area contributed by atoms with Gasteiger partial charge in [0.25, 0.3) is 0 Å². The molecular formula is C24H24N4O2S. The van der Waals surface area contributed by atoms with Crippen LogP contribution < -0.4 is 4.72 Å². The fourth-order valence-corrected chi connectivity index (χ4v) is 3.80. The van der Waals surface area contributed by atoms with Crippen LogP contribution >= 0.6 is 0 Å². The molecule has 158 valence electrons. The van der Waals surface area contributed by atoms with Crippen LogP contribution in [-0.2, 0) is 10.0 Å². The number of anilines is 1. The van der Waals surface area contributed by atoms with E-state index in [2.05, 4.69) is 14.7 Å². The molecule has 0 aliphatic rings. The normalized spacial score (nSPS) is 12.0. The van der Waals surface area contributed by atoms with Crippen molar-refractivity contribution in [3.05, 3.63) is 79.1 Å². The molecule has 0 spiro atoms. The number of H-pyrrole nitrogens is 1. The molecule has 0 aliphatic carbocycles. The van der Waals surface area contributed by atoms with E-state index in [0.29, 0.717) is 5.69 Å². The highest BCUT2D eigenvalue weighted by Gasteiger charge is 2.28. The van der Waals surface area contributed by atoms with Crippen molar-refractivity contribution in [3.8, 4) is 33.9 Å². The summed E-state index contributed by atoms with van der Waals surface area (Å²) in [6.07, 6.45) is 3.47. The molecule has 4 aromatic rings. The molecule has 2 N–H and O–H groups in total. The number of pyridine rings is 1. The summed E-state index contributed by atoms with van der Waals surface area (Å²) >= 11 is 0. The van der Waals surface area contributed by atoms with Gasteiger partial charge in [-0.1, -0.05) is 42.5 Å². The van der Waals surface area contributed by atoms with Crippen LogP contribution in [0.4, 0.5) is 5.69 Å². The van der Waals surface area contributed by atoms with E-state index in [1.54, 1.807) is 45.3 Å². The van der Waals surface area contributed by atoms with Crippen LogP contribution in [0.25, 0.3) is 33.9 Å². The quantitative estimate of drug-likeness (QED) is 0.445. The molecule has 0 unspecified atom stereocenters. The van der Waals surface area contributed by atoms with Gasteiger partial charge in [0.15, 0.2) is 0 Å². The molecule has 7 heteroatoms. The maximum Gasteiger partial charge on any atom is 0.237 e. The summed E-state index contributed by atoms with van der Waals surface area (Å²) in [6.45, 7) is 5.00. The molecule has 0 bridgehead atoms. The first kappa shape index (κ1) is 20.8. The number of imidazole rings is 1. The molecule has 0 atom stereocenters. The predicted octanol–water partition coefficient (Wildman–Crippen LogP) is 5.35. The zero-order chi connectivity index (χ0) is 22.1. The number of hydrogen-bond acceptors (Lipinski definition) is 4. The van der Waals surface area contributed by atoms with Crippen molar-refractivity contribution in [2.45, 2.75) is 25.5 Å². The van der Waals surface area contributed by atoms with Gasteiger partial charge >= 0.3 is 0 Å². The monoisotopic (exact) mass is 432 g/mol. The minimum absolute atomic E-state index is 0.520. The molecule has 2 aromatic carbocycles. The molecular weight excluding hydrogens is 408 g/mol. The highest BCUT2D eigenvalue weighted by atomic mass is 32.2. The number of nitrogens with zero attached hydrogens (tertiary/aromatic N) is 2. The maximum absolute atomic E-state index is 12.4. The second kappa shape index (κ2) is 8.00. The molecule has 31 heavy (non-hydrogen) atoms. The van der Waals surface area contributed by atoms with E-state index < -0.39 is 14.8 Å². The Morgan fingerprint density at radius 3 is 2.06 bits per heavy atom. The molecule has 2 heterocycles. The van der Waals surface area contributed by atoms with Gasteiger partial charge in [0.1, 0.15) is 5.82 Å². The molecule has 0 aliphatic heterocycles. The fourth-order valence-electron chi connectivity index (χ4n) is 3.05. The van der Waals surface area contributed by atoms with Crippen LogP contribution in [0.1, 0.15) is 20.8 Å². The average Bonchev–Trinajstić information content (AvgIpc) is 3.20. The first-order valence-electron chi connectivity index (χ1n) is 9.93. The third-order valence-electron chi connectivity index (χ3n) is 4.94. The molecule has 0 fully saturated rings. The molecule has 0 radical (unpaired) electrons.